The van der Waals surface area contributed by atoms with E-state index in [4.69, 9.17) is 5.73 Å². The Kier molecular flexibility index (Phi) is 3.92. The highest BCUT2D eigenvalue weighted by Crippen LogP contribution is 2.33. The molecule has 0 spiro atoms. The number of amides is 2. The predicted octanol–water partition coefficient (Wildman–Crippen LogP) is 3.04. The standard InChI is InChI=1S/C21H19N3O2/c1-13-2-3-16(11-23-13)15-5-4-14-6-7-17-19(18(14)10-15)12-24(21(17)26)9-8-20(22)25/h2-7,10-11H,8-9,12H2,1H3,(H2,22,25). The summed E-state index contributed by atoms with van der Waals surface area (Å²) in [7, 11) is 0. The fraction of sp³-hybridized carbons (Fsp3) is 0.190. The van der Waals surface area contributed by atoms with Gasteiger partial charge in [0.05, 0.1) is 0 Å². The van der Waals surface area contributed by atoms with Crippen molar-refractivity contribution in [1.29, 1.82) is 0 Å². The minimum absolute atomic E-state index is 0.0365. The molecule has 1 aliphatic rings. The van der Waals surface area contributed by atoms with Crippen LogP contribution in [0.15, 0.2) is 48.7 Å². The summed E-state index contributed by atoms with van der Waals surface area (Å²) in [6.45, 7) is 2.82. The van der Waals surface area contributed by atoms with E-state index in [2.05, 4.69) is 29.2 Å². The summed E-state index contributed by atoms with van der Waals surface area (Å²) in [6, 6.07) is 14.1. The van der Waals surface area contributed by atoms with Crippen LogP contribution in [0, 0.1) is 6.92 Å². The van der Waals surface area contributed by atoms with E-state index in [-0.39, 0.29) is 12.3 Å². The quantitative estimate of drug-likeness (QED) is 0.789. The van der Waals surface area contributed by atoms with Gasteiger partial charge in [-0.2, -0.15) is 0 Å². The number of fused-ring (bicyclic) bond motifs is 3. The normalized spacial score (nSPS) is 13.3. The van der Waals surface area contributed by atoms with Crippen LogP contribution in [-0.2, 0) is 11.3 Å². The fourth-order valence-electron chi connectivity index (χ4n) is 3.43. The number of hydrogen-bond acceptors (Lipinski definition) is 3. The number of nitrogens with zero attached hydrogens (tertiary/aromatic N) is 2. The fourth-order valence-corrected chi connectivity index (χ4v) is 3.43. The molecule has 1 aromatic heterocycles. The highest BCUT2D eigenvalue weighted by atomic mass is 16.2. The molecule has 4 rings (SSSR count). The first-order chi connectivity index (χ1) is 12.5. The van der Waals surface area contributed by atoms with Crippen LogP contribution in [0.3, 0.4) is 0 Å². The highest BCUT2D eigenvalue weighted by molar-refractivity contribution is 6.05. The van der Waals surface area contributed by atoms with Crippen molar-refractivity contribution in [3.63, 3.8) is 0 Å². The van der Waals surface area contributed by atoms with E-state index >= 15 is 0 Å². The van der Waals surface area contributed by atoms with Crippen molar-refractivity contribution in [2.45, 2.75) is 19.9 Å². The molecule has 0 saturated carbocycles. The second kappa shape index (κ2) is 6.26. The lowest BCUT2D eigenvalue weighted by Gasteiger charge is -2.14. The summed E-state index contributed by atoms with van der Waals surface area (Å²) in [5, 5.41) is 2.16. The number of pyridine rings is 1. The number of benzene rings is 2. The number of hydrogen-bond donors (Lipinski definition) is 1. The number of nitrogens with two attached hydrogens (primary N) is 1. The van der Waals surface area contributed by atoms with Crippen molar-refractivity contribution >= 4 is 22.6 Å². The van der Waals surface area contributed by atoms with Gasteiger partial charge < -0.3 is 10.6 Å². The Morgan fingerprint density at radius 3 is 2.65 bits per heavy atom. The molecule has 0 atom stereocenters. The molecule has 1 aliphatic heterocycles. The minimum Gasteiger partial charge on any atom is -0.370 e. The van der Waals surface area contributed by atoms with E-state index in [0.29, 0.717) is 18.7 Å². The van der Waals surface area contributed by atoms with Crippen molar-refractivity contribution < 1.29 is 9.59 Å². The number of aryl methyl sites for hydroxylation is 1. The maximum atomic E-state index is 12.6. The summed E-state index contributed by atoms with van der Waals surface area (Å²) in [4.78, 5) is 29.7. The number of aromatic nitrogens is 1. The van der Waals surface area contributed by atoms with Crippen LogP contribution in [-0.4, -0.2) is 28.2 Å². The van der Waals surface area contributed by atoms with Crippen LogP contribution in [0.2, 0.25) is 0 Å². The zero-order valence-electron chi connectivity index (χ0n) is 14.5. The van der Waals surface area contributed by atoms with Crippen LogP contribution >= 0.6 is 0 Å². The molecule has 2 heterocycles. The first kappa shape index (κ1) is 16.3. The van der Waals surface area contributed by atoms with Crippen LogP contribution in [0.5, 0.6) is 0 Å². The smallest absolute Gasteiger partial charge is 0.254 e. The molecular formula is C21H19N3O2. The molecule has 5 nitrogen and oxygen atoms in total. The topological polar surface area (TPSA) is 76.3 Å². The van der Waals surface area contributed by atoms with Crippen molar-refractivity contribution in [2.75, 3.05) is 6.54 Å². The summed E-state index contributed by atoms with van der Waals surface area (Å²) < 4.78 is 0. The molecule has 2 amide bonds. The maximum Gasteiger partial charge on any atom is 0.254 e. The second-order valence-electron chi connectivity index (χ2n) is 6.66. The lowest BCUT2D eigenvalue weighted by Crippen LogP contribution is -2.28. The molecule has 5 heteroatoms. The van der Waals surface area contributed by atoms with Gasteiger partial charge in [-0.25, -0.2) is 0 Å². The van der Waals surface area contributed by atoms with Gasteiger partial charge in [0, 0.05) is 42.5 Å². The van der Waals surface area contributed by atoms with Gasteiger partial charge in [-0.1, -0.05) is 24.3 Å². The van der Waals surface area contributed by atoms with E-state index in [0.717, 1.165) is 33.2 Å². The molecule has 26 heavy (non-hydrogen) atoms. The van der Waals surface area contributed by atoms with Crippen LogP contribution in [0.4, 0.5) is 0 Å². The van der Waals surface area contributed by atoms with Gasteiger partial charge in [-0.05, 0) is 47.0 Å². The van der Waals surface area contributed by atoms with Gasteiger partial charge in [0.2, 0.25) is 5.91 Å². The number of rotatable bonds is 4. The van der Waals surface area contributed by atoms with Gasteiger partial charge >= 0.3 is 0 Å². The van der Waals surface area contributed by atoms with Crippen LogP contribution < -0.4 is 5.73 Å². The Labute approximate surface area is 151 Å². The summed E-state index contributed by atoms with van der Waals surface area (Å²) in [5.74, 6) is -0.432. The third kappa shape index (κ3) is 2.81. The summed E-state index contributed by atoms with van der Waals surface area (Å²) in [6.07, 6.45) is 2.04. The van der Waals surface area contributed by atoms with Crippen molar-refractivity contribution in [3.05, 3.63) is 65.5 Å². The Morgan fingerprint density at radius 2 is 1.92 bits per heavy atom. The first-order valence-electron chi connectivity index (χ1n) is 8.59. The third-order valence-electron chi connectivity index (χ3n) is 4.87. The number of carbonyl (C=O) groups excluding carboxylic acids is 2. The molecule has 2 N–H and O–H groups in total. The zero-order valence-corrected chi connectivity index (χ0v) is 14.5. The molecule has 130 valence electrons. The Morgan fingerprint density at radius 1 is 1.15 bits per heavy atom. The maximum absolute atomic E-state index is 12.6. The van der Waals surface area contributed by atoms with Gasteiger partial charge in [-0.15, -0.1) is 0 Å². The summed E-state index contributed by atoms with van der Waals surface area (Å²) >= 11 is 0. The molecule has 0 bridgehead atoms. The van der Waals surface area contributed by atoms with Gasteiger partial charge in [0.25, 0.3) is 5.91 Å². The Bertz CT molecular complexity index is 1030. The van der Waals surface area contributed by atoms with E-state index in [1.807, 2.05) is 31.3 Å². The molecule has 0 unspecified atom stereocenters. The molecule has 0 fully saturated rings. The lowest BCUT2D eigenvalue weighted by molar-refractivity contribution is -0.118. The monoisotopic (exact) mass is 345 g/mol. The largest absolute Gasteiger partial charge is 0.370 e. The predicted molar refractivity (Wildman–Crippen MR) is 100 cm³/mol. The molecule has 2 aromatic carbocycles. The summed E-state index contributed by atoms with van der Waals surface area (Å²) in [5.41, 5.74) is 10.0. The molecule has 0 radical (unpaired) electrons. The minimum atomic E-state index is -0.396. The SMILES string of the molecule is Cc1ccc(-c2ccc3ccc4c(c3c2)CN(CCC(N)=O)C4=O)cn1. The second-order valence-corrected chi connectivity index (χ2v) is 6.66. The van der Waals surface area contributed by atoms with Crippen molar-refractivity contribution in [1.82, 2.24) is 9.88 Å². The number of carbonyl (C=O) groups is 2. The average molecular weight is 345 g/mol. The van der Waals surface area contributed by atoms with Crippen LogP contribution in [0.1, 0.15) is 28.0 Å². The van der Waals surface area contributed by atoms with Crippen molar-refractivity contribution in [2.24, 2.45) is 5.73 Å². The van der Waals surface area contributed by atoms with Gasteiger partial charge in [-0.3, -0.25) is 14.6 Å². The van der Waals surface area contributed by atoms with E-state index in [9.17, 15) is 9.59 Å². The van der Waals surface area contributed by atoms with Crippen molar-refractivity contribution in [3.8, 4) is 11.1 Å². The van der Waals surface area contributed by atoms with Gasteiger partial charge in [0.15, 0.2) is 0 Å². The van der Waals surface area contributed by atoms with Gasteiger partial charge in [0.1, 0.15) is 0 Å². The number of primary amides is 1. The first-order valence-corrected chi connectivity index (χ1v) is 8.59. The van der Waals surface area contributed by atoms with E-state index < -0.39 is 5.91 Å². The Hall–Kier alpha value is -3.21. The Balaban J connectivity index is 1.75. The lowest BCUT2D eigenvalue weighted by atomic mass is 9.97. The molecule has 0 saturated heterocycles. The average Bonchev–Trinajstić information content (AvgIpc) is 2.96. The zero-order chi connectivity index (χ0) is 18.3. The molecule has 3 aromatic rings. The highest BCUT2D eigenvalue weighted by Gasteiger charge is 2.28. The third-order valence-corrected chi connectivity index (χ3v) is 4.87. The van der Waals surface area contributed by atoms with Crippen LogP contribution in [0.25, 0.3) is 21.9 Å². The molecular weight excluding hydrogens is 326 g/mol. The van der Waals surface area contributed by atoms with E-state index in [1.165, 1.54) is 0 Å². The van der Waals surface area contributed by atoms with E-state index in [1.54, 1.807) is 4.90 Å². The molecule has 0 aliphatic carbocycles.